The van der Waals surface area contributed by atoms with E-state index in [1.807, 2.05) is 0 Å². The van der Waals surface area contributed by atoms with Crippen molar-refractivity contribution in [3.05, 3.63) is 22.8 Å². The maximum absolute atomic E-state index is 12.4. The Bertz CT molecular complexity index is 447. The van der Waals surface area contributed by atoms with Crippen LogP contribution in [-0.2, 0) is 18.5 Å². The van der Waals surface area contributed by atoms with Gasteiger partial charge in [-0.1, -0.05) is 0 Å². The van der Waals surface area contributed by atoms with E-state index in [-0.39, 0.29) is 0 Å². The molecule has 0 spiro atoms. The zero-order valence-electron chi connectivity index (χ0n) is 8.80. The van der Waals surface area contributed by atoms with Gasteiger partial charge in [-0.15, -0.1) is 0 Å². The van der Waals surface area contributed by atoms with Crippen molar-refractivity contribution in [1.29, 1.82) is 0 Å². The second kappa shape index (κ2) is 4.23. The van der Waals surface area contributed by atoms with Gasteiger partial charge in [0.05, 0.1) is 0 Å². The lowest BCUT2D eigenvalue weighted by atomic mass is 10.1. The topological polar surface area (TPSA) is 25.8 Å². The summed E-state index contributed by atoms with van der Waals surface area (Å²) in [6.07, 6.45) is -16.4. The summed E-state index contributed by atoms with van der Waals surface area (Å²) < 4.78 is 111. The van der Waals surface area contributed by atoms with Gasteiger partial charge in [0.2, 0.25) is 5.82 Å². The van der Waals surface area contributed by atoms with Crippen molar-refractivity contribution in [3.8, 4) is 0 Å². The van der Waals surface area contributed by atoms with Crippen LogP contribution in [0.5, 0.6) is 0 Å². The number of aromatic nitrogens is 2. The third-order valence-electron chi connectivity index (χ3n) is 1.94. The Morgan fingerprint density at radius 2 is 0.947 bits per heavy atom. The highest BCUT2D eigenvalue weighted by molar-refractivity contribution is 5.29. The maximum atomic E-state index is 12.4. The summed E-state index contributed by atoms with van der Waals surface area (Å²) >= 11 is 0. The molecule has 0 aliphatic heterocycles. The summed E-state index contributed by atoms with van der Waals surface area (Å²) in [6.45, 7) is 0.353. The fourth-order valence-electron chi connectivity index (χ4n) is 1.20. The SMILES string of the molecule is Cc1c(C(F)(F)F)nc(C(F)(F)F)nc1C(F)(F)F. The molecule has 0 fully saturated rings. The Labute approximate surface area is 98.8 Å². The van der Waals surface area contributed by atoms with Crippen LogP contribution in [0.1, 0.15) is 22.8 Å². The van der Waals surface area contributed by atoms with Crippen LogP contribution in [-0.4, -0.2) is 9.97 Å². The van der Waals surface area contributed by atoms with Crippen molar-refractivity contribution < 1.29 is 39.5 Å². The minimum absolute atomic E-state index is 0.353. The molecule has 2 nitrogen and oxygen atoms in total. The zero-order chi connectivity index (χ0) is 15.2. The van der Waals surface area contributed by atoms with Crippen LogP contribution >= 0.6 is 0 Å². The van der Waals surface area contributed by atoms with Gasteiger partial charge in [-0.25, -0.2) is 9.97 Å². The summed E-state index contributed by atoms with van der Waals surface area (Å²) in [4.78, 5) is 4.26. The first kappa shape index (κ1) is 15.5. The highest BCUT2D eigenvalue weighted by Crippen LogP contribution is 2.39. The van der Waals surface area contributed by atoms with Gasteiger partial charge in [0.15, 0.2) is 11.4 Å². The molecule has 0 aromatic carbocycles. The van der Waals surface area contributed by atoms with E-state index >= 15 is 0 Å². The predicted octanol–water partition coefficient (Wildman–Crippen LogP) is 3.84. The summed E-state index contributed by atoms with van der Waals surface area (Å²) in [7, 11) is 0. The molecular weight excluding hydrogens is 295 g/mol. The zero-order valence-corrected chi connectivity index (χ0v) is 8.80. The predicted molar refractivity (Wildman–Crippen MR) is 41.8 cm³/mol. The Hall–Kier alpha value is -1.55. The van der Waals surface area contributed by atoms with Gasteiger partial charge in [-0.3, -0.25) is 0 Å². The molecule has 0 bridgehead atoms. The molecule has 1 heterocycles. The molecule has 0 unspecified atom stereocenters. The third kappa shape index (κ3) is 3.26. The molecule has 0 saturated carbocycles. The largest absolute Gasteiger partial charge is 0.451 e. The van der Waals surface area contributed by atoms with E-state index in [0.717, 1.165) is 0 Å². The lowest BCUT2D eigenvalue weighted by molar-refractivity contribution is -0.160. The molecule has 1 rings (SSSR count). The highest BCUT2D eigenvalue weighted by atomic mass is 19.4. The monoisotopic (exact) mass is 298 g/mol. The van der Waals surface area contributed by atoms with Gasteiger partial charge in [0.25, 0.3) is 0 Å². The molecular formula is C8H3F9N2. The van der Waals surface area contributed by atoms with E-state index in [1.165, 1.54) is 0 Å². The van der Waals surface area contributed by atoms with Crippen LogP contribution in [0.3, 0.4) is 0 Å². The van der Waals surface area contributed by atoms with E-state index in [4.69, 9.17) is 0 Å². The van der Waals surface area contributed by atoms with Crippen molar-refractivity contribution in [3.63, 3.8) is 0 Å². The fraction of sp³-hybridized carbons (Fsp3) is 0.500. The Balaban J connectivity index is 3.68. The van der Waals surface area contributed by atoms with Crippen LogP contribution in [0.2, 0.25) is 0 Å². The quantitative estimate of drug-likeness (QED) is 0.680. The second-order valence-corrected chi connectivity index (χ2v) is 3.36. The van der Waals surface area contributed by atoms with Crippen LogP contribution in [0.4, 0.5) is 39.5 Å². The Morgan fingerprint density at radius 3 is 1.16 bits per heavy atom. The Morgan fingerprint density at radius 1 is 0.632 bits per heavy atom. The number of rotatable bonds is 0. The lowest BCUT2D eigenvalue weighted by Gasteiger charge is -2.16. The van der Waals surface area contributed by atoms with Crippen LogP contribution in [0.15, 0.2) is 0 Å². The summed E-state index contributed by atoms with van der Waals surface area (Å²) in [5.41, 5.74) is -6.03. The molecule has 0 saturated heterocycles. The molecule has 0 aliphatic carbocycles. The van der Waals surface area contributed by atoms with Crippen LogP contribution < -0.4 is 0 Å². The average molecular weight is 298 g/mol. The van der Waals surface area contributed by atoms with Crippen molar-refractivity contribution in [1.82, 2.24) is 9.97 Å². The van der Waals surface area contributed by atoms with Gasteiger partial charge >= 0.3 is 18.5 Å². The first-order chi connectivity index (χ1) is 8.24. The molecule has 0 atom stereocenters. The highest BCUT2D eigenvalue weighted by Gasteiger charge is 2.46. The number of hydrogen-bond donors (Lipinski definition) is 0. The normalized spacial score (nSPS) is 13.8. The maximum Gasteiger partial charge on any atom is 0.451 e. The van der Waals surface area contributed by atoms with Crippen molar-refractivity contribution in [2.75, 3.05) is 0 Å². The van der Waals surface area contributed by atoms with Gasteiger partial charge in [-0.05, 0) is 6.92 Å². The number of alkyl halides is 9. The second-order valence-electron chi connectivity index (χ2n) is 3.36. The Kier molecular flexibility index (Phi) is 3.46. The molecule has 19 heavy (non-hydrogen) atoms. The van der Waals surface area contributed by atoms with Crippen LogP contribution in [0, 0.1) is 6.92 Å². The first-order valence-corrected chi connectivity index (χ1v) is 4.35. The van der Waals surface area contributed by atoms with Gasteiger partial charge in [0, 0.05) is 5.56 Å². The van der Waals surface area contributed by atoms with Gasteiger partial charge in [-0.2, -0.15) is 39.5 Å². The molecule has 0 amide bonds. The van der Waals surface area contributed by atoms with E-state index in [9.17, 15) is 39.5 Å². The lowest BCUT2D eigenvalue weighted by Crippen LogP contribution is -2.24. The average Bonchev–Trinajstić information content (AvgIpc) is 2.11. The summed E-state index contributed by atoms with van der Waals surface area (Å²) in [5.74, 6) is -2.49. The summed E-state index contributed by atoms with van der Waals surface area (Å²) in [5, 5.41) is 0. The minimum Gasteiger partial charge on any atom is -0.220 e. The van der Waals surface area contributed by atoms with E-state index in [0.29, 0.717) is 6.92 Å². The molecule has 0 N–H and O–H groups in total. The number of hydrogen-bond acceptors (Lipinski definition) is 2. The van der Waals surface area contributed by atoms with E-state index in [2.05, 4.69) is 9.97 Å². The van der Waals surface area contributed by atoms with Gasteiger partial charge in [0.1, 0.15) is 0 Å². The van der Waals surface area contributed by atoms with Gasteiger partial charge < -0.3 is 0 Å². The van der Waals surface area contributed by atoms with E-state index in [1.54, 1.807) is 0 Å². The molecule has 1 aromatic heterocycles. The number of halogens is 9. The van der Waals surface area contributed by atoms with Crippen molar-refractivity contribution in [2.24, 2.45) is 0 Å². The molecule has 0 aliphatic rings. The third-order valence-corrected chi connectivity index (χ3v) is 1.94. The molecule has 11 heteroatoms. The first-order valence-electron chi connectivity index (χ1n) is 4.35. The number of nitrogens with zero attached hydrogens (tertiary/aromatic N) is 2. The molecule has 108 valence electrons. The van der Waals surface area contributed by atoms with Crippen LogP contribution in [0.25, 0.3) is 0 Å². The summed E-state index contributed by atoms with van der Waals surface area (Å²) in [6, 6.07) is 0. The smallest absolute Gasteiger partial charge is 0.220 e. The molecule has 0 radical (unpaired) electrons. The van der Waals surface area contributed by atoms with Crippen molar-refractivity contribution in [2.45, 2.75) is 25.5 Å². The molecule has 1 aromatic rings. The fourth-order valence-corrected chi connectivity index (χ4v) is 1.20. The van der Waals surface area contributed by atoms with E-state index < -0.39 is 41.3 Å². The minimum atomic E-state index is -5.52. The van der Waals surface area contributed by atoms with Crippen molar-refractivity contribution >= 4 is 0 Å². The standard InChI is InChI=1S/C8H3F9N2/c1-2-3(6(9,10)11)18-5(8(15,16)17)19-4(2)7(12,13)14/h1H3.